The Morgan fingerprint density at radius 3 is 2.13 bits per heavy atom. The van der Waals surface area contributed by atoms with Crippen molar-refractivity contribution in [3.63, 3.8) is 0 Å². The van der Waals surface area contributed by atoms with Crippen LogP contribution >= 0.6 is 0 Å². The Bertz CT molecular complexity index is 522. The van der Waals surface area contributed by atoms with Gasteiger partial charge in [-0.25, -0.2) is 4.79 Å². The van der Waals surface area contributed by atoms with Gasteiger partial charge in [0.2, 0.25) is 0 Å². The van der Waals surface area contributed by atoms with Gasteiger partial charge in [-0.15, -0.1) is 0 Å². The highest BCUT2D eigenvalue weighted by Crippen LogP contribution is 2.28. The van der Waals surface area contributed by atoms with Crippen molar-refractivity contribution in [1.82, 2.24) is 5.32 Å². The Kier molecular flexibility index (Phi) is 6.61. The van der Waals surface area contributed by atoms with Crippen molar-refractivity contribution in [2.45, 2.75) is 52.2 Å². The molecule has 0 aliphatic heterocycles. The summed E-state index contributed by atoms with van der Waals surface area (Å²) in [6, 6.07) is 9.26. The number of alkyl carbamates (subject to hydrolysis) is 1. The minimum Gasteiger partial charge on any atom is -0.469 e. The summed E-state index contributed by atoms with van der Waals surface area (Å²) in [6.45, 7) is 9.11. The quantitative estimate of drug-likeness (QED) is 0.843. The molecule has 0 radical (unpaired) electrons. The lowest BCUT2D eigenvalue weighted by atomic mass is 9.83. The summed E-state index contributed by atoms with van der Waals surface area (Å²) in [4.78, 5) is 24.2. The van der Waals surface area contributed by atoms with Crippen LogP contribution in [0, 0.1) is 5.92 Å². The Balaban J connectivity index is 2.89. The van der Waals surface area contributed by atoms with Crippen LogP contribution in [0.15, 0.2) is 30.3 Å². The smallest absolute Gasteiger partial charge is 0.407 e. The van der Waals surface area contributed by atoms with E-state index in [9.17, 15) is 9.59 Å². The van der Waals surface area contributed by atoms with Gasteiger partial charge in [-0.3, -0.25) is 4.79 Å². The molecule has 1 aromatic rings. The third kappa shape index (κ3) is 5.93. The van der Waals surface area contributed by atoms with Gasteiger partial charge in [0.15, 0.2) is 0 Å². The van der Waals surface area contributed by atoms with Gasteiger partial charge >= 0.3 is 12.1 Å². The first-order chi connectivity index (χ1) is 10.7. The molecule has 0 heterocycles. The summed E-state index contributed by atoms with van der Waals surface area (Å²) < 4.78 is 10.2. The minimum atomic E-state index is -0.588. The first-order valence-corrected chi connectivity index (χ1v) is 7.78. The normalized spacial score (nSPS) is 15.2. The van der Waals surface area contributed by atoms with Gasteiger partial charge in [0.25, 0.3) is 0 Å². The van der Waals surface area contributed by atoms with E-state index >= 15 is 0 Å². The molecule has 0 fully saturated rings. The van der Waals surface area contributed by atoms with Gasteiger partial charge in [-0.2, -0.15) is 0 Å². The van der Waals surface area contributed by atoms with Crippen LogP contribution in [0.4, 0.5) is 4.79 Å². The van der Waals surface area contributed by atoms with Crippen LogP contribution < -0.4 is 5.32 Å². The third-order valence-electron chi connectivity index (χ3n) is 3.62. The molecule has 5 nitrogen and oxygen atoms in total. The molecule has 0 spiro atoms. The average molecular weight is 321 g/mol. The minimum absolute atomic E-state index is 0.103. The predicted molar refractivity (Wildman–Crippen MR) is 89.2 cm³/mol. The molecule has 23 heavy (non-hydrogen) atoms. The van der Waals surface area contributed by atoms with Crippen LogP contribution in [0.1, 0.15) is 46.1 Å². The van der Waals surface area contributed by atoms with Gasteiger partial charge < -0.3 is 14.8 Å². The summed E-state index contributed by atoms with van der Waals surface area (Å²) >= 11 is 0. The number of methoxy groups -OCH3 is 1. The molecule has 0 aliphatic rings. The highest BCUT2D eigenvalue weighted by Gasteiger charge is 2.34. The number of amides is 1. The summed E-state index contributed by atoms with van der Waals surface area (Å²) in [5.41, 5.74) is 0.427. The maximum Gasteiger partial charge on any atom is 0.407 e. The lowest BCUT2D eigenvalue weighted by Crippen LogP contribution is -2.45. The van der Waals surface area contributed by atoms with Crippen molar-refractivity contribution >= 4 is 12.1 Å². The van der Waals surface area contributed by atoms with Gasteiger partial charge in [-0.05, 0) is 39.2 Å². The fourth-order valence-corrected chi connectivity index (χ4v) is 2.52. The maximum atomic E-state index is 12.2. The molecule has 128 valence electrons. The zero-order valence-electron chi connectivity index (χ0n) is 14.8. The number of benzene rings is 1. The first kappa shape index (κ1) is 19.0. The Labute approximate surface area is 138 Å². The number of hydrogen-bond donors (Lipinski definition) is 1. The molecule has 0 aromatic heterocycles. The van der Waals surface area contributed by atoms with Crippen molar-refractivity contribution in [1.29, 1.82) is 0 Å². The van der Waals surface area contributed by atoms with Gasteiger partial charge in [0.1, 0.15) is 5.60 Å². The molecule has 0 unspecified atom stereocenters. The van der Waals surface area contributed by atoms with Crippen molar-refractivity contribution in [3.05, 3.63) is 35.9 Å². The highest BCUT2D eigenvalue weighted by molar-refractivity contribution is 5.76. The number of nitrogens with one attached hydrogen (secondary N) is 1. The number of rotatable bonds is 5. The lowest BCUT2D eigenvalue weighted by Gasteiger charge is -2.29. The number of hydrogen-bond acceptors (Lipinski definition) is 4. The van der Waals surface area contributed by atoms with Crippen LogP contribution in [0.5, 0.6) is 0 Å². The van der Waals surface area contributed by atoms with E-state index in [-0.39, 0.29) is 11.9 Å². The molecule has 1 N–H and O–H groups in total. The summed E-state index contributed by atoms with van der Waals surface area (Å²) in [7, 11) is 1.35. The van der Waals surface area contributed by atoms with Crippen LogP contribution in [-0.2, 0) is 14.3 Å². The largest absolute Gasteiger partial charge is 0.469 e. The Morgan fingerprint density at radius 1 is 1.09 bits per heavy atom. The summed E-state index contributed by atoms with van der Waals surface area (Å²) in [5, 5.41) is 2.74. The van der Waals surface area contributed by atoms with Crippen LogP contribution in [-0.4, -0.2) is 30.8 Å². The molecule has 3 atom stereocenters. The van der Waals surface area contributed by atoms with Crippen LogP contribution in [0.3, 0.4) is 0 Å². The molecule has 1 rings (SSSR count). The second kappa shape index (κ2) is 7.99. The summed E-state index contributed by atoms with van der Waals surface area (Å²) in [5.74, 6) is -0.964. The Morgan fingerprint density at radius 2 is 1.65 bits per heavy atom. The van der Waals surface area contributed by atoms with E-state index in [2.05, 4.69) is 5.32 Å². The van der Waals surface area contributed by atoms with E-state index in [0.717, 1.165) is 5.56 Å². The number of ether oxygens (including phenoxy) is 2. The standard InChI is InChI=1S/C18H27NO4/c1-12(14-10-8-7-9-11-14)15(16(20)22-6)13(2)19-17(21)23-18(3,4)5/h7-13,15H,1-6H3,(H,19,21)/t12-,13+,15+/m0/s1. The van der Waals surface area contributed by atoms with Crippen LogP contribution in [0.2, 0.25) is 0 Å². The number of esters is 1. The van der Waals surface area contributed by atoms with Crippen molar-refractivity contribution in [2.24, 2.45) is 5.92 Å². The average Bonchev–Trinajstić information content (AvgIpc) is 2.45. The zero-order valence-corrected chi connectivity index (χ0v) is 14.8. The number of carbonyl (C=O) groups excluding carboxylic acids is 2. The Hall–Kier alpha value is -2.04. The van der Waals surface area contributed by atoms with Crippen molar-refractivity contribution < 1.29 is 19.1 Å². The van der Waals surface area contributed by atoms with E-state index in [4.69, 9.17) is 9.47 Å². The van der Waals surface area contributed by atoms with Crippen molar-refractivity contribution in [2.75, 3.05) is 7.11 Å². The second-order valence-electron chi connectivity index (χ2n) is 6.68. The van der Waals surface area contributed by atoms with Crippen molar-refractivity contribution in [3.8, 4) is 0 Å². The lowest BCUT2D eigenvalue weighted by molar-refractivity contribution is -0.147. The molecule has 0 saturated carbocycles. The van der Waals surface area contributed by atoms with Gasteiger partial charge in [-0.1, -0.05) is 37.3 Å². The molecule has 1 aromatic carbocycles. The molecule has 1 amide bonds. The molecular weight excluding hydrogens is 294 g/mol. The molecule has 0 saturated heterocycles. The van der Waals surface area contributed by atoms with E-state index in [1.807, 2.05) is 37.3 Å². The fraction of sp³-hybridized carbons (Fsp3) is 0.556. The summed E-state index contributed by atoms with van der Waals surface area (Å²) in [6.07, 6.45) is -0.542. The van der Waals surface area contributed by atoms with E-state index in [0.29, 0.717) is 0 Å². The van der Waals surface area contributed by atoms with E-state index in [1.54, 1.807) is 27.7 Å². The zero-order chi connectivity index (χ0) is 17.6. The van der Waals surface area contributed by atoms with Gasteiger partial charge in [0, 0.05) is 6.04 Å². The third-order valence-corrected chi connectivity index (χ3v) is 3.62. The second-order valence-corrected chi connectivity index (χ2v) is 6.68. The maximum absolute atomic E-state index is 12.2. The molecule has 0 bridgehead atoms. The van der Waals surface area contributed by atoms with E-state index in [1.165, 1.54) is 7.11 Å². The molecular formula is C18H27NO4. The monoisotopic (exact) mass is 321 g/mol. The fourth-order valence-electron chi connectivity index (χ4n) is 2.52. The topological polar surface area (TPSA) is 64.6 Å². The predicted octanol–water partition coefficient (Wildman–Crippen LogP) is 3.49. The first-order valence-electron chi connectivity index (χ1n) is 7.78. The van der Waals surface area contributed by atoms with E-state index < -0.39 is 23.7 Å². The molecule has 5 heteroatoms. The highest BCUT2D eigenvalue weighted by atomic mass is 16.6. The number of carbonyl (C=O) groups is 2. The van der Waals surface area contributed by atoms with Gasteiger partial charge in [0.05, 0.1) is 13.0 Å². The molecule has 0 aliphatic carbocycles. The SMILES string of the molecule is COC(=O)[C@@H]([C@@H](C)NC(=O)OC(C)(C)C)[C@@H](C)c1ccccc1. The van der Waals surface area contributed by atoms with Crippen LogP contribution in [0.25, 0.3) is 0 Å².